The average molecular weight is 478 g/mol. The Morgan fingerprint density at radius 3 is 2.19 bits per heavy atom. The summed E-state index contributed by atoms with van der Waals surface area (Å²) >= 11 is 6.05. The van der Waals surface area contributed by atoms with Crippen LogP contribution >= 0.6 is 11.6 Å². The second kappa shape index (κ2) is 9.05. The molecular weight excluding hydrogens is 455 g/mol. The normalized spacial score (nSPS) is 12.4. The van der Waals surface area contributed by atoms with Gasteiger partial charge >= 0.3 is 6.18 Å². The average Bonchev–Trinajstić information content (AvgIpc) is 2.66. The van der Waals surface area contributed by atoms with E-state index in [-0.39, 0.29) is 21.5 Å². The highest BCUT2D eigenvalue weighted by molar-refractivity contribution is 7.89. The standard InChI is InChI=1S/C20H23ClF3N3O3S/c1-12(2)27(5)31(29,30)14-7-8-17(21)15(11-14)19(28)25-18-9-6-13(26(3)4)10-16(18)20(22,23)24/h6-12H,1-5H3,(H,25,28). The van der Waals surface area contributed by atoms with Crippen molar-refractivity contribution in [3.05, 3.63) is 52.5 Å². The molecule has 11 heteroatoms. The van der Waals surface area contributed by atoms with Crippen molar-refractivity contribution in [1.29, 1.82) is 0 Å². The molecule has 0 aromatic heterocycles. The van der Waals surface area contributed by atoms with Gasteiger partial charge in [0, 0.05) is 32.9 Å². The molecule has 0 bridgehead atoms. The van der Waals surface area contributed by atoms with Crippen molar-refractivity contribution in [2.45, 2.75) is 31.0 Å². The van der Waals surface area contributed by atoms with Gasteiger partial charge in [-0.1, -0.05) is 11.6 Å². The Hall–Kier alpha value is -2.30. The fourth-order valence-electron chi connectivity index (χ4n) is 2.63. The van der Waals surface area contributed by atoms with Crippen LogP contribution in [0, 0.1) is 0 Å². The number of nitrogens with one attached hydrogen (secondary N) is 1. The number of hydrogen-bond acceptors (Lipinski definition) is 4. The molecule has 0 saturated carbocycles. The minimum Gasteiger partial charge on any atom is -0.378 e. The van der Waals surface area contributed by atoms with Gasteiger partial charge in [-0.05, 0) is 50.2 Å². The van der Waals surface area contributed by atoms with E-state index in [1.54, 1.807) is 27.9 Å². The first-order valence-electron chi connectivity index (χ1n) is 9.13. The van der Waals surface area contributed by atoms with Crippen LogP contribution in [0.4, 0.5) is 24.5 Å². The number of rotatable bonds is 6. The first-order valence-corrected chi connectivity index (χ1v) is 11.0. The maximum absolute atomic E-state index is 13.5. The number of benzene rings is 2. The quantitative estimate of drug-likeness (QED) is 0.654. The van der Waals surface area contributed by atoms with E-state index < -0.39 is 33.4 Å². The van der Waals surface area contributed by atoms with Gasteiger partial charge < -0.3 is 10.2 Å². The summed E-state index contributed by atoms with van der Waals surface area (Å²) in [6, 6.07) is 6.63. The summed E-state index contributed by atoms with van der Waals surface area (Å²) < 4.78 is 67.1. The molecule has 0 radical (unpaired) electrons. The van der Waals surface area contributed by atoms with Crippen LogP contribution in [-0.2, 0) is 16.2 Å². The predicted octanol–water partition coefficient (Wildman–Crippen LogP) is 4.71. The molecule has 0 heterocycles. The molecule has 2 aromatic carbocycles. The Balaban J connectivity index is 2.48. The third-order valence-corrected chi connectivity index (χ3v) is 7.02. The zero-order valence-electron chi connectivity index (χ0n) is 17.6. The molecule has 1 N–H and O–H groups in total. The lowest BCUT2D eigenvalue weighted by Gasteiger charge is -2.21. The molecule has 0 fully saturated rings. The van der Waals surface area contributed by atoms with Crippen molar-refractivity contribution in [1.82, 2.24) is 4.31 Å². The zero-order chi connectivity index (χ0) is 23.7. The van der Waals surface area contributed by atoms with Crippen molar-refractivity contribution >= 4 is 38.9 Å². The van der Waals surface area contributed by atoms with Crippen molar-refractivity contribution in [2.75, 3.05) is 31.4 Å². The van der Waals surface area contributed by atoms with E-state index in [0.717, 1.165) is 22.5 Å². The third-order valence-electron chi connectivity index (χ3n) is 4.66. The lowest BCUT2D eigenvalue weighted by molar-refractivity contribution is -0.136. The predicted molar refractivity (Wildman–Crippen MR) is 115 cm³/mol. The van der Waals surface area contributed by atoms with Crippen molar-refractivity contribution in [3.63, 3.8) is 0 Å². The highest BCUT2D eigenvalue weighted by atomic mass is 35.5. The maximum Gasteiger partial charge on any atom is 0.418 e. The number of carbonyl (C=O) groups excluding carboxylic acids is 1. The van der Waals surface area contributed by atoms with Gasteiger partial charge in [0.1, 0.15) is 0 Å². The number of nitrogens with zero attached hydrogens (tertiary/aromatic N) is 2. The van der Waals surface area contributed by atoms with Gasteiger partial charge in [0.05, 0.1) is 26.7 Å². The fraction of sp³-hybridized carbons (Fsp3) is 0.350. The fourth-order valence-corrected chi connectivity index (χ4v) is 4.22. The van der Waals surface area contributed by atoms with E-state index in [1.807, 2.05) is 0 Å². The van der Waals surface area contributed by atoms with Crippen LogP contribution in [0.3, 0.4) is 0 Å². The number of hydrogen-bond donors (Lipinski definition) is 1. The van der Waals surface area contributed by atoms with E-state index in [2.05, 4.69) is 5.32 Å². The second-order valence-electron chi connectivity index (χ2n) is 7.33. The summed E-state index contributed by atoms with van der Waals surface area (Å²) in [4.78, 5) is 14.0. The van der Waals surface area contributed by atoms with Crippen LogP contribution in [-0.4, -0.2) is 45.8 Å². The van der Waals surface area contributed by atoms with Gasteiger partial charge in [0.25, 0.3) is 5.91 Å². The van der Waals surface area contributed by atoms with Gasteiger partial charge in [-0.15, -0.1) is 0 Å². The van der Waals surface area contributed by atoms with E-state index in [1.165, 1.54) is 30.1 Å². The molecule has 2 aromatic rings. The number of amides is 1. The van der Waals surface area contributed by atoms with Crippen LogP contribution in [0.5, 0.6) is 0 Å². The van der Waals surface area contributed by atoms with Gasteiger partial charge in [0.2, 0.25) is 10.0 Å². The summed E-state index contributed by atoms with van der Waals surface area (Å²) in [5, 5.41) is 2.11. The molecule has 170 valence electrons. The number of sulfonamides is 1. The smallest absolute Gasteiger partial charge is 0.378 e. The number of halogens is 4. The summed E-state index contributed by atoms with van der Waals surface area (Å²) in [7, 11) is 0.646. The topological polar surface area (TPSA) is 69.7 Å². The Morgan fingerprint density at radius 1 is 1.06 bits per heavy atom. The molecule has 31 heavy (non-hydrogen) atoms. The maximum atomic E-state index is 13.5. The van der Waals surface area contributed by atoms with Crippen molar-refractivity contribution < 1.29 is 26.4 Å². The number of anilines is 2. The molecule has 0 atom stereocenters. The van der Waals surface area contributed by atoms with E-state index in [0.29, 0.717) is 5.69 Å². The SMILES string of the molecule is CC(C)N(C)S(=O)(=O)c1ccc(Cl)c(C(=O)Nc2ccc(N(C)C)cc2C(F)(F)F)c1. The highest BCUT2D eigenvalue weighted by Crippen LogP contribution is 2.37. The molecule has 0 aliphatic rings. The zero-order valence-corrected chi connectivity index (χ0v) is 19.2. The van der Waals surface area contributed by atoms with Crippen LogP contribution in [0.25, 0.3) is 0 Å². The summed E-state index contributed by atoms with van der Waals surface area (Å²) in [6.07, 6.45) is -4.72. The minimum absolute atomic E-state index is 0.0953. The molecule has 2 rings (SSSR count). The largest absolute Gasteiger partial charge is 0.418 e. The molecule has 0 saturated heterocycles. The number of alkyl halides is 3. The van der Waals surface area contributed by atoms with Crippen LogP contribution < -0.4 is 10.2 Å². The third kappa shape index (κ3) is 5.50. The molecule has 0 spiro atoms. The van der Waals surface area contributed by atoms with Crippen molar-refractivity contribution in [3.8, 4) is 0 Å². The summed E-state index contributed by atoms with van der Waals surface area (Å²) in [6.45, 7) is 3.36. The molecule has 6 nitrogen and oxygen atoms in total. The Labute approximate surface area is 184 Å². The van der Waals surface area contributed by atoms with Gasteiger partial charge in [-0.3, -0.25) is 4.79 Å². The van der Waals surface area contributed by atoms with E-state index >= 15 is 0 Å². The van der Waals surface area contributed by atoms with Crippen LogP contribution in [0.15, 0.2) is 41.3 Å². The van der Waals surface area contributed by atoms with Gasteiger partial charge in [0.15, 0.2) is 0 Å². The molecule has 0 aliphatic heterocycles. The van der Waals surface area contributed by atoms with Gasteiger partial charge in [-0.25, -0.2) is 8.42 Å². The number of carbonyl (C=O) groups is 1. The van der Waals surface area contributed by atoms with Crippen LogP contribution in [0.1, 0.15) is 29.8 Å². The highest BCUT2D eigenvalue weighted by Gasteiger charge is 2.35. The van der Waals surface area contributed by atoms with E-state index in [9.17, 15) is 26.4 Å². The molecule has 0 unspecified atom stereocenters. The van der Waals surface area contributed by atoms with Gasteiger partial charge in [-0.2, -0.15) is 17.5 Å². The lowest BCUT2D eigenvalue weighted by atomic mass is 10.1. The van der Waals surface area contributed by atoms with E-state index in [4.69, 9.17) is 11.6 Å². The minimum atomic E-state index is -4.72. The summed E-state index contributed by atoms with van der Waals surface area (Å²) in [5.41, 5.74) is -1.46. The Morgan fingerprint density at radius 2 is 1.68 bits per heavy atom. The summed E-state index contributed by atoms with van der Waals surface area (Å²) in [5.74, 6) is -0.961. The van der Waals surface area contributed by atoms with Crippen LogP contribution in [0.2, 0.25) is 5.02 Å². The monoisotopic (exact) mass is 477 g/mol. The molecule has 0 aliphatic carbocycles. The molecular formula is C20H23ClF3N3O3S. The van der Waals surface area contributed by atoms with Crippen molar-refractivity contribution in [2.24, 2.45) is 0 Å². The molecule has 1 amide bonds. The first-order chi connectivity index (χ1) is 14.2. The lowest BCUT2D eigenvalue weighted by Crippen LogP contribution is -2.33. The Bertz CT molecular complexity index is 1090. The first kappa shape index (κ1) is 25.0. The second-order valence-corrected chi connectivity index (χ2v) is 9.74. The Kier molecular flexibility index (Phi) is 7.29.